The molecule has 1 aromatic carbocycles. The number of pyridine rings is 1. The lowest BCUT2D eigenvalue weighted by Gasteiger charge is -2.45. The Morgan fingerprint density at radius 1 is 1.12 bits per heavy atom. The molecule has 32 heavy (non-hydrogen) atoms. The molecular formula is C27H31N3O2. The van der Waals surface area contributed by atoms with Crippen LogP contribution in [-0.4, -0.2) is 47.1 Å². The van der Waals surface area contributed by atoms with Gasteiger partial charge in [0, 0.05) is 54.6 Å². The van der Waals surface area contributed by atoms with Crippen molar-refractivity contribution in [2.24, 2.45) is 11.8 Å². The number of nitrogens with zero attached hydrogens (tertiary/aromatic N) is 3. The Balaban J connectivity index is 1.51. The van der Waals surface area contributed by atoms with Crippen LogP contribution in [0.5, 0.6) is 0 Å². The van der Waals surface area contributed by atoms with E-state index in [1.807, 2.05) is 18.2 Å². The standard InChI is InChI=1S/C27H31N3O2/c1-29-24-12-11-19(9-10-20-6-5-14-28-17-20)16-23(24)26-22(25(29)18-31)13-15-30(26)27(32)21-7-3-2-4-8-21/h5-6,11-12,14,16-17,21-22,25-26,31H,2-4,7-8,13,15,18H2,1H3/t22-,25-,26-/m1/s1. The number of fused-ring (bicyclic) bond motifs is 3. The quantitative estimate of drug-likeness (QED) is 0.739. The fraction of sp³-hybridized carbons (Fsp3) is 0.481. The van der Waals surface area contributed by atoms with Crippen LogP contribution in [0.1, 0.15) is 61.3 Å². The number of likely N-dealkylation sites (tertiary alicyclic amines) is 1. The summed E-state index contributed by atoms with van der Waals surface area (Å²) in [4.78, 5) is 22.0. The van der Waals surface area contributed by atoms with Crippen molar-refractivity contribution in [3.63, 3.8) is 0 Å². The molecule has 0 radical (unpaired) electrons. The number of aliphatic hydroxyl groups is 1. The first-order valence-corrected chi connectivity index (χ1v) is 11.9. The van der Waals surface area contributed by atoms with Gasteiger partial charge in [0.25, 0.3) is 0 Å². The second kappa shape index (κ2) is 8.96. The van der Waals surface area contributed by atoms with Crippen LogP contribution >= 0.6 is 0 Å². The second-order valence-corrected chi connectivity index (χ2v) is 9.39. The number of amides is 1. The molecule has 0 unspecified atom stereocenters. The minimum absolute atomic E-state index is 0.0212. The van der Waals surface area contributed by atoms with Crippen molar-refractivity contribution in [2.45, 2.75) is 50.6 Å². The lowest BCUT2D eigenvalue weighted by Crippen LogP contribution is -2.49. The van der Waals surface area contributed by atoms with E-state index in [9.17, 15) is 9.90 Å². The van der Waals surface area contributed by atoms with Gasteiger partial charge in [-0.2, -0.15) is 0 Å². The zero-order valence-electron chi connectivity index (χ0n) is 18.7. The predicted molar refractivity (Wildman–Crippen MR) is 125 cm³/mol. The topological polar surface area (TPSA) is 56.7 Å². The van der Waals surface area contributed by atoms with E-state index in [4.69, 9.17) is 0 Å². The van der Waals surface area contributed by atoms with Crippen LogP contribution in [0.4, 0.5) is 5.69 Å². The van der Waals surface area contributed by atoms with Crippen molar-refractivity contribution in [3.05, 3.63) is 59.4 Å². The average Bonchev–Trinajstić information content (AvgIpc) is 3.29. The molecule has 0 bridgehead atoms. The first-order chi connectivity index (χ1) is 15.7. The number of hydrogen-bond acceptors (Lipinski definition) is 4. The number of carbonyl (C=O) groups is 1. The van der Waals surface area contributed by atoms with Crippen molar-refractivity contribution in [1.82, 2.24) is 9.88 Å². The highest BCUT2D eigenvalue weighted by atomic mass is 16.3. The van der Waals surface area contributed by atoms with Crippen molar-refractivity contribution in [2.75, 3.05) is 25.1 Å². The molecule has 0 spiro atoms. The molecule has 3 atom stereocenters. The largest absolute Gasteiger partial charge is 0.394 e. The molecular weight excluding hydrogens is 398 g/mol. The van der Waals surface area contributed by atoms with Gasteiger partial charge in [0.05, 0.1) is 18.7 Å². The lowest BCUT2D eigenvalue weighted by molar-refractivity contribution is -0.138. The smallest absolute Gasteiger partial charge is 0.226 e. The van der Waals surface area contributed by atoms with E-state index in [0.29, 0.717) is 5.91 Å². The summed E-state index contributed by atoms with van der Waals surface area (Å²) in [5.74, 6) is 7.19. The zero-order chi connectivity index (χ0) is 22.1. The normalized spacial score (nSPS) is 25.0. The highest BCUT2D eigenvalue weighted by molar-refractivity contribution is 5.80. The van der Waals surface area contributed by atoms with Crippen molar-refractivity contribution >= 4 is 11.6 Å². The number of aromatic nitrogens is 1. The highest BCUT2D eigenvalue weighted by Crippen LogP contribution is 2.49. The van der Waals surface area contributed by atoms with E-state index in [-0.39, 0.29) is 30.5 Å². The number of likely N-dealkylation sites (N-methyl/N-ethyl adjacent to an activating group) is 1. The molecule has 2 aromatic rings. The third-order valence-electron chi connectivity index (χ3n) is 7.60. The maximum Gasteiger partial charge on any atom is 0.226 e. The van der Waals surface area contributed by atoms with Crippen LogP contribution in [0.25, 0.3) is 0 Å². The third kappa shape index (κ3) is 3.78. The number of anilines is 1. The highest BCUT2D eigenvalue weighted by Gasteiger charge is 2.48. The molecule has 1 aromatic heterocycles. The maximum absolute atomic E-state index is 13.6. The van der Waals surface area contributed by atoms with E-state index < -0.39 is 0 Å². The van der Waals surface area contributed by atoms with Gasteiger partial charge in [-0.25, -0.2) is 0 Å². The summed E-state index contributed by atoms with van der Waals surface area (Å²) in [5.41, 5.74) is 4.09. The van der Waals surface area contributed by atoms with Gasteiger partial charge in [-0.15, -0.1) is 0 Å². The van der Waals surface area contributed by atoms with Gasteiger partial charge in [0.1, 0.15) is 0 Å². The first kappa shape index (κ1) is 21.0. The van der Waals surface area contributed by atoms with Crippen LogP contribution in [0.2, 0.25) is 0 Å². The van der Waals surface area contributed by atoms with Gasteiger partial charge < -0.3 is 14.9 Å². The van der Waals surface area contributed by atoms with Crippen LogP contribution in [0.15, 0.2) is 42.7 Å². The van der Waals surface area contributed by atoms with Crippen molar-refractivity contribution in [3.8, 4) is 11.8 Å². The SMILES string of the molecule is CN1c2ccc(C#Cc3cccnc3)cc2[C@H]2[C@H](CCN2C(=O)C2CCCCC2)[C@H]1CO. The number of benzene rings is 1. The number of carbonyl (C=O) groups excluding carboxylic acids is 1. The Bertz CT molecular complexity index is 1040. The van der Waals surface area contributed by atoms with Crippen LogP contribution < -0.4 is 4.90 Å². The summed E-state index contributed by atoms with van der Waals surface area (Å²) in [6.45, 7) is 0.880. The minimum atomic E-state index is 0.0212. The Morgan fingerprint density at radius 2 is 1.94 bits per heavy atom. The molecule has 1 amide bonds. The van der Waals surface area contributed by atoms with Gasteiger partial charge >= 0.3 is 0 Å². The Labute approximate surface area is 190 Å². The van der Waals surface area contributed by atoms with Gasteiger partial charge in [0.15, 0.2) is 0 Å². The molecule has 2 fully saturated rings. The van der Waals surface area contributed by atoms with Gasteiger partial charge in [-0.3, -0.25) is 9.78 Å². The maximum atomic E-state index is 13.6. The van der Waals surface area contributed by atoms with Crippen molar-refractivity contribution < 1.29 is 9.90 Å². The summed E-state index contributed by atoms with van der Waals surface area (Å²) in [7, 11) is 2.06. The fourth-order valence-corrected chi connectivity index (χ4v) is 5.94. The molecule has 166 valence electrons. The van der Waals surface area contributed by atoms with Gasteiger partial charge in [-0.1, -0.05) is 31.1 Å². The molecule has 3 heterocycles. The fourth-order valence-electron chi connectivity index (χ4n) is 5.94. The molecule has 1 saturated carbocycles. The molecule has 1 saturated heterocycles. The predicted octanol–water partition coefficient (Wildman–Crippen LogP) is 3.76. The lowest BCUT2D eigenvalue weighted by atomic mass is 9.81. The molecule has 1 aliphatic carbocycles. The molecule has 5 heteroatoms. The van der Waals surface area contributed by atoms with E-state index in [0.717, 1.165) is 55.5 Å². The van der Waals surface area contributed by atoms with E-state index in [2.05, 4.69) is 45.8 Å². The Morgan fingerprint density at radius 3 is 2.69 bits per heavy atom. The Kier molecular flexibility index (Phi) is 5.89. The number of rotatable bonds is 2. The third-order valence-corrected chi connectivity index (χ3v) is 7.60. The number of hydrogen-bond donors (Lipinski definition) is 1. The van der Waals surface area contributed by atoms with Gasteiger partial charge in [0.2, 0.25) is 5.91 Å². The van der Waals surface area contributed by atoms with E-state index in [1.165, 1.54) is 12.0 Å². The average molecular weight is 430 g/mol. The molecule has 1 N–H and O–H groups in total. The Hall–Kier alpha value is -2.84. The van der Waals surface area contributed by atoms with Crippen LogP contribution in [0, 0.1) is 23.7 Å². The van der Waals surface area contributed by atoms with E-state index in [1.54, 1.807) is 12.4 Å². The minimum Gasteiger partial charge on any atom is -0.394 e. The molecule has 5 rings (SSSR count). The van der Waals surface area contributed by atoms with Crippen LogP contribution in [-0.2, 0) is 4.79 Å². The van der Waals surface area contributed by atoms with Gasteiger partial charge in [-0.05, 0) is 55.2 Å². The van der Waals surface area contributed by atoms with Crippen LogP contribution in [0.3, 0.4) is 0 Å². The molecule has 5 nitrogen and oxygen atoms in total. The molecule has 2 aliphatic heterocycles. The van der Waals surface area contributed by atoms with Crippen molar-refractivity contribution in [1.29, 1.82) is 0 Å². The monoisotopic (exact) mass is 429 g/mol. The number of aliphatic hydroxyl groups excluding tert-OH is 1. The van der Waals surface area contributed by atoms with E-state index >= 15 is 0 Å². The second-order valence-electron chi connectivity index (χ2n) is 9.39. The summed E-state index contributed by atoms with van der Waals surface area (Å²) in [6.07, 6.45) is 10.0. The zero-order valence-corrected chi connectivity index (χ0v) is 18.7. The first-order valence-electron chi connectivity index (χ1n) is 11.9. The summed E-state index contributed by atoms with van der Waals surface area (Å²) >= 11 is 0. The summed E-state index contributed by atoms with van der Waals surface area (Å²) < 4.78 is 0. The summed E-state index contributed by atoms with van der Waals surface area (Å²) in [6, 6.07) is 10.2. The summed E-state index contributed by atoms with van der Waals surface area (Å²) in [5, 5.41) is 10.2. The molecule has 3 aliphatic rings.